The molecular formula is C23H24Cl2N4O3. The second-order valence-corrected chi connectivity index (χ2v) is 8.47. The van der Waals surface area contributed by atoms with E-state index in [9.17, 15) is 9.59 Å². The highest BCUT2D eigenvalue weighted by Gasteiger charge is 2.35. The maximum absolute atomic E-state index is 12.7. The van der Waals surface area contributed by atoms with Crippen molar-refractivity contribution in [1.82, 2.24) is 15.5 Å². The highest BCUT2D eigenvalue weighted by Crippen LogP contribution is 2.32. The number of benzene rings is 2. The highest BCUT2D eigenvalue weighted by atomic mass is 35.5. The van der Waals surface area contributed by atoms with Gasteiger partial charge in [-0.3, -0.25) is 4.90 Å². The largest absolute Gasteiger partial charge is 0.466 e. The second kappa shape index (κ2) is 9.81. The van der Waals surface area contributed by atoms with E-state index in [0.29, 0.717) is 28.4 Å². The first-order valence-corrected chi connectivity index (χ1v) is 11.1. The molecule has 1 atom stereocenters. The van der Waals surface area contributed by atoms with Crippen molar-refractivity contribution in [2.24, 2.45) is 0 Å². The van der Waals surface area contributed by atoms with Crippen molar-refractivity contribution in [1.29, 1.82) is 0 Å². The Balaban J connectivity index is 1.56. The molecule has 0 bridgehead atoms. The molecule has 2 aliphatic rings. The summed E-state index contributed by atoms with van der Waals surface area (Å²) in [5.41, 5.74) is 2.54. The monoisotopic (exact) mass is 474 g/mol. The lowest BCUT2D eigenvalue weighted by molar-refractivity contribution is -0.136. The number of anilines is 1. The highest BCUT2D eigenvalue weighted by molar-refractivity contribution is 6.33. The number of nitrogens with one attached hydrogen (secondary N) is 2. The van der Waals surface area contributed by atoms with Gasteiger partial charge in [-0.15, -0.1) is 0 Å². The Hall–Kier alpha value is -2.74. The molecule has 2 aromatic carbocycles. The first-order valence-electron chi connectivity index (χ1n) is 10.3. The van der Waals surface area contributed by atoms with E-state index in [0.717, 1.165) is 36.9 Å². The third-order valence-electron chi connectivity index (χ3n) is 5.72. The van der Waals surface area contributed by atoms with E-state index in [1.54, 1.807) is 18.2 Å². The number of halogens is 2. The van der Waals surface area contributed by atoms with E-state index in [1.165, 1.54) is 7.11 Å². The number of rotatable bonds is 5. The first-order chi connectivity index (χ1) is 15.5. The minimum absolute atomic E-state index is 0.355. The third-order valence-corrected chi connectivity index (χ3v) is 6.39. The summed E-state index contributed by atoms with van der Waals surface area (Å²) in [7, 11) is 1.33. The summed E-state index contributed by atoms with van der Waals surface area (Å²) in [6.45, 7) is 3.48. The van der Waals surface area contributed by atoms with Crippen LogP contribution in [0.1, 0.15) is 11.6 Å². The zero-order valence-corrected chi connectivity index (χ0v) is 19.1. The summed E-state index contributed by atoms with van der Waals surface area (Å²) in [5.74, 6) is -0.507. The van der Waals surface area contributed by atoms with Crippen LogP contribution >= 0.6 is 23.2 Å². The smallest absolute Gasteiger partial charge is 0.338 e. The summed E-state index contributed by atoms with van der Waals surface area (Å²) in [6, 6.07) is 13.9. The van der Waals surface area contributed by atoms with E-state index in [-0.39, 0.29) is 6.03 Å². The molecule has 32 heavy (non-hydrogen) atoms. The summed E-state index contributed by atoms with van der Waals surface area (Å²) in [6.07, 6.45) is 0. The van der Waals surface area contributed by atoms with E-state index in [2.05, 4.69) is 20.4 Å². The van der Waals surface area contributed by atoms with Crippen LogP contribution in [0.3, 0.4) is 0 Å². The van der Waals surface area contributed by atoms with Crippen LogP contribution in [0.2, 0.25) is 10.0 Å². The molecule has 2 aromatic rings. The zero-order chi connectivity index (χ0) is 22.7. The first kappa shape index (κ1) is 22.5. The van der Waals surface area contributed by atoms with Gasteiger partial charge in [0.05, 0.1) is 29.4 Å². The number of methoxy groups -OCH3 is 1. The third kappa shape index (κ3) is 4.70. The van der Waals surface area contributed by atoms with E-state index < -0.39 is 12.0 Å². The fraction of sp³-hybridized carbons (Fsp3) is 0.304. The molecule has 0 aromatic heterocycles. The Bertz CT molecular complexity index is 1050. The summed E-state index contributed by atoms with van der Waals surface area (Å²) in [5, 5.41) is 6.81. The molecule has 1 fully saturated rings. The molecule has 9 heteroatoms. The molecule has 2 N–H and O–H groups in total. The number of ether oxygens (including phenoxy) is 1. The molecule has 2 amide bonds. The Morgan fingerprint density at radius 2 is 1.69 bits per heavy atom. The fourth-order valence-electron chi connectivity index (χ4n) is 4.11. The van der Waals surface area contributed by atoms with Crippen molar-refractivity contribution in [2.45, 2.75) is 6.04 Å². The molecule has 0 spiro atoms. The van der Waals surface area contributed by atoms with Crippen molar-refractivity contribution in [3.63, 3.8) is 0 Å². The van der Waals surface area contributed by atoms with Gasteiger partial charge in [-0.05, 0) is 23.8 Å². The molecule has 0 aliphatic carbocycles. The second-order valence-electron chi connectivity index (χ2n) is 7.65. The predicted molar refractivity (Wildman–Crippen MR) is 125 cm³/mol. The maximum atomic E-state index is 12.7. The Morgan fingerprint density at radius 3 is 2.34 bits per heavy atom. The topological polar surface area (TPSA) is 73.9 Å². The lowest BCUT2D eigenvalue weighted by Gasteiger charge is -2.38. The molecule has 7 nitrogen and oxygen atoms in total. The Morgan fingerprint density at radius 1 is 1.03 bits per heavy atom. The van der Waals surface area contributed by atoms with Gasteiger partial charge in [0.25, 0.3) is 0 Å². The van der Waals surface area contributed by atoms with Crippen LogP contribution < -0.4 is 15.5 Å². The van der Waals surface area contributed by atoms with Crippen LogP contribution in [-0.4, -0.2) is 56.7 Å². The Kier molecular flexibility index (Phi) is 6.89. The van der Waals surface area contributed by atoms with Crippen molar-refractivity contribution >= 4 is 40.9 Å². The molecule has 2 aliphatic heterocycles. The number of amides is 2. The summed E-state index contributed by atoms with van der Waals surface area (Å²) in [4.78, 5) is 29.6. The number of piperazine rings is 1. The van der Waals surface area contributed by atoms with Gasteiger partial charge in [-0.2, -0.15) is 0 Å². The quantitative estimate of drug-likeness (QED) is 0.647. The lowest BCUT2D eigenvalue weighted by atomic mass is 9.95. The van der Waals surface area contributed by atoms with E-state index >= 15 is 0 Å². The number of hydrogen-bond donors (Lipinski definition) is 2. The summed E-state index contributed by atoms with van der Waals surface area (Å²) < 4.78 is 5.05. The van der Waals surface area contributed by atoms with Gasteiger partial charge in [-0.1, -0.05) is 53.5 Å². The van der Waals surface area contributed by atoms with Crippen LogP contribution in [0.15, 0.2) is 59.8 Å². The molecular weight excluding hydrogens is 451 g/mol. The number of hydrogen-bond acceptors (Lipinski definition) is 5. The number of urea groups is 1. The number of carbonyl (C=O) groups excluding carboxylic acids is 2. The predicted octanol–water partition coefficient (Wildman–Crippen LogP) is 3.60. The summed E-state index contributed by atoms with van der Waals surface area (Å²) >= 11 is 12.7. The van der Waals surface area contributed by atoms with Gasteiger partial charge in [0.2, 0.25) is 0 Å². The van der Waals surface area contributed by atoms with Gasteiger partial charge in [0.1, 0.15) is 0 Å². The maximum Gasteiger partial charge on any atom is 0.338 e. The molecule has 168 valence electrons. The zero-order valence-electron chi connectivity index (χ0n) is 17.6. The minimum Gasteiger partial charge on any atom is -0.466 e. The molecule has 0 unspecified atom stereocenters. The van der Waals surface area contributed by atoms with E-state index in [4.69, 9.17) is 27.9 Å². The van der Waals surface area contributed by atoms with Crippen molar-refractivity contribution < 1.29 is 14.3 Å². The molecule has 0 radical (unpaired) electrons. The van der Waals surface area contributed by atoms with Gasteiger partial charge >= 0.3 is 12.0 Å². The van der Waals surface area contributed by atoms with Crippen LogP contribution in [0.25, 0.3) is 0 Å². The minimum atomic E-state index is -0.690. The van der Waals surface area contributed by atoms with Crippen LogP contribution in [0, 0.1) is 0 Å². The van der Waals surface area contributed by atoms with Gasteiger partial charge < -0.3 is 20.3 Å². The van der Waals surface area contributed by atoms with E-state index in [1.807, 2.05) is 30.3 Å². The normalized spacial score (nSPS) is 19.4. The van der Waals surface area contributed by atoms with Crippen LogP contribution in [0.5, 0.6) is 0 Å². The SMILES string of the molecule is COC(=O)C1=C(CN2CCN(c3ccccc3Cl)CC2)NC(=O)N[C@H]1c1ccccc1Cl. The lowest BCUT2D eigenvalue weighted by Crippen LogP contribution is -2.51. The average Bonchev–Trinajstić information content (AvgIpc) is 2.79. The van der Waals surface area contributed by atoms with Gasteiger partial charge in [0.15, 0.2) is 0 Å². The van der Waals surface area contributed by atoms with Gasteiger partial charge in [0, 0.05) is 43.4 Å². The van der Waals surface area contributed by atoms with Gasteiger partial charge in [-0.25, -0.2) is 9.59 Å². The average molecular weight is 475 g/mol. The van der Waals surface area contributed by atoms with Crippen LogP contribution in [-0.2, 0) is 9.53 Å². The number of carbonyl (C=O) groups is 2. The molecule has 4 rings (SSSR count). The Labute approximate surface area is 196 Å². The van der Waals surface area contributed by atoms with Crippen LogP contribution in [0.4, 0.5) is 10.5 Å². The number of para-hydroxylation sites is 1. The fourth-order valence-corrected chi connectivity index (χ4v) is 4.61. The molecule has 1 saturated heterocycles. The van der Waals surface area contributed by atoms with Crippen molar-refractivity contribution in [3.05, 3.63) is 75.4 Å². The number of esters is 1. The molecule has 2 heterocycles. The number of nitrogens with zero attached hydrogens (tertiary/aromatic N) is 2. The van der Waals surface area contributed by atoms with Crippen molar-refractivity contribution in [2.75, 3.05) is 44.7 Å². The van der Waals surface area contributed by atoms with Crippen molar-refractivity contribution in [3.8, 4) is 0 Å². The standard InChI is InChI=1S/C23H24Cl2N4O3/c1-32-22(30)20-18(26-23(31)27-21(20)15-6-2-3-7-16(15)24)14-28-10-12-29(13-11-28)19-9-5-4-8-17(19)25/h2-9,21H,10-14H2,1H3,(H2,26,27,31)/t21-/m0/s1. The molecule has 0 saturated carbocycles.